The molecular weight excluding hydrogens is 958 g/mol. The minimum Gasteiger partial charge on any atom is -1.00 e. The lowest BCUT2D eigenvalue weighted by Crippen LogP contribution is -3.00. The van der Waals surface area contributed by atoms with Crippen LogP contribution in [0.4, 0.5) is 22.7 Å². The standard InChI is InChI=1S/2C27H31N2.2HI/c2*1-18-12-20(3)26(21(4)13-18)28-16-25(24-10-8-7-9-11-24)29(17-28)27-22(5)14-19(2)15-23(27)6;;/h2*7-15,17,25H,16H2,1-6H3;2*1H/q2*+1;;/p-2/t2*25-;;/m11../s1. The van der Waals surface area contributed by atoms with E-state index < -0.39 is 0 Å². The molecule has 0 unspecified atom stereocenters. The third-order valence-corrected chi connectivity index (χ3v) is 11.9. The first kappa shape index (κ1) is 46.8. The van der Waals surface area contributed by atoms with E-state index >= 15 is 0 Å². The Morgan fingerprint density at radius 3 is 0.883 bits per heavy atom. The molecule has 0 aliphatic carbocycles. The summed E-state index contributed by atoms with van der Waals surface area (Å²) >= 11 is 0. The van der Waals surface area contributed by atoms with Crippen molar-refractivity contribution in [3.05, 3.63) is 187 Å². The third kappa shape index (κ3) is 9.75. The van der Waals surface area contributed by atoms with Crippen molar-refractivity contribution in [1.29, 1.82) is 0 Å². The van der Waals surface area contributed by atoms with Crippen LogP contribution >= 0.6 is 0 Å². The maximum atomic E-state index is 2.48. The van der Waals surface area contributed by atoms with E-state index in [4.69, 9.17) is 0 Å². The van der Waals surface area contributed by atoms with Gasteiger partial charge in [-0.3, -0.25) is 0 Å². The van der Waals surface area contributed by atoms with Gasteiger partial charge in [-0.15, -0.1) is 0 Å². The highest BCUT2D eigenvalue weighted by molar-refractivity contribution is 5.84. The topological polar surface area (TPSA) is 12.5 Å². The number of aryl methyl sites for hydroxylation is 12. The van der Waals surface area contributed by atoms with Gasteiger partial charge in [0.1, 0.15) is 35.8 Å². The number of rotatable bonds is 6. The van der Waals surface area contributed by atoms with Crippen LogP contribution in [-0.2, 0) is 0 Å². The zero-order chi connectivity index (χ0) is 41.4. The van der Waals surface area contributed by atoms with Gasteiger partial charge in [0, 0.05) is 11.1 Å². The average Bonchev–Trinajstić information content (AvgIpc) is 3.76. The molecule has 4 nitrogen and oxygen atoms in total. The SMILES string of the molecule is Cc1cc(C)c(N2C=[N+](c3c(C)cc(C)cc3C)C[C@@H]2c2ccccc2)c(C)c1.Cc1cc(C)c(N2C=[N+](c3c(C)cc(C)cc3C)C[C@@H]2c2ccccc2)c(C)c1.[I-].[I-]. The number of hydrogen-bond donors (Lipinski definition) is 0. The fraction of sp³-hybridized carbons (Fsp3) is 0.296. The summed E-state index contributed by atoms with van der Waals surface area (Å²) in [7, 11) is 0. The van der Waals surface area contributed by atoms with E-state index in [2.05, 4.69) is 224 Å². The van der Waals surface area contributed by atoms with Gasteiger partial charge in [-0.05, 0) is 128 Å². The van der Waals surface area contributed by atoms with Crippen molar-refractivity contribution in [2.75, 3.05) is 22.9 Å². The van der Waals surface area contributed by atoms with Crippen LogP contribution < -0.4 is 57.8 Å². The zero-order valence-corrected chi connectivity index (χ0v) is 42.0. The molecule has 0 N–H and O–H groups in total. The maximum absolute atomic E-state index is 2.48. The molecule has 0 amide bonds. The number of benzene rings is 6. The lowest BCUT2D eigenvalue weighted by molar-refractivity contribution is -0.430. The molecule has 2 atom stereocenters. The van der Waals surface area contributed by atoms with Gasteiger partial charge in [-0.1, -0.05) is 131 Å². The van der Waals surface area contributed by atoms with Crippen LogP contribution in [0.25, 0.3) is 0 Å². The molecule has 0 aromatic heterocycles. The number of nitrogens with zero attached hydrogens (tertiary/aromatic N) is 4. The highest BCUT2D eigenvalue weighted by Gasteiger charge is 2.39. The second-order valence-electron chi connectivity index (χ2n) is 17.2. The summed E-state index contributed by atoms with van der Waals surface area (Å²) in [5, 5.41) is 0. The molecule has 2 aliphatic rings. The fourth-order valence-electron chi connectivity index (χ4n) is 10.1. The van der Waals surface area contributed by atoms with Gasteiger partial charge < -0.3 is 48.0 Å². The Morgan fingerprint density at radius 2 is 0.617 bits per heavy atom. The molecule has 6 aromatic carbocycles. The van der Waals surface area contributed by atoms with Gasteiger partial charge >= 0.3 is 0 Å². The van der Waals surface area contributed by atoms with E-state index in [1.165, 1.54) is 101 Å². The van der Waals surface area contributed by atoms with Crippen molar-refractivity contribution in [2.45, 2.75) is 95.2 Å². The van der Waals surface area contributed by atoms with Crippen molar-refractivity contribution >= 4 is 35.4 Å². The van der Waals surface area contributed by atoms with Crippen molar-refractivity contribution in [3.8, 4) is 0 Å². The van der Waals surface area contributed by atoms with Gasteiger partial charge in [0.15, 0.2) is 12.1 Å². The van der Waals surface area contributed by atoms with E-state index in [1.807, 2.05) is 0 Å². The van der Waals surface area contributed by atoms with Gasteiger partial charge in [-0.2, -0.15) is 0 Å². The summed E-state index contributed by atoms with van der Waals surface area (Å²) in [6.07, 6.45) is 4.65. The average molecular weight is 1020 g/mol. The molecule has 0 fully saturated rings. The molecule has 0 radical (unpaired) electrons. The van der Waals surface area contributed by atoms with Gasteiger partial charge in [-0.25, -0.2) is 19.0 Å². The Labute approximate surface area is 394 Å². The van der Waals surface area contributed by atoms with E-state index in [9.17, 15) is 0 Å². The monoisotopic (exact) mass is 1020 g/mol. The first-order valence-electron chi connectivity index (χ1n) is 20.9. The predicted molar refractivity (Wildman–Crippen MR) is 248 cm³/mol. The van der Waals surface area contributed by atoms with E-state index in [0.29, 0.717) is 0 Å². The second kappa shape index (κ2) is 19.6. The first-order chi connectivity index (χ1) is 27.7. The van der Waals surface area contributed by atoms with Crippen LogP contribution in [0.1, 0.15) is 90.0 Å². The lowest BCUT2D eigenvalue weighted by Gasteiger charge is -2.21. The van der Waals surface area contributed by atoms with Crippen LogP contribution in [0.3, 0.4) is 0 Å². The lowest BCUT2D eigenvalue weighted by atomic mass is 10.0. The smallest absolute Gasteiger partial charge is 0.245 e. The zero-order valence-electron chi connectivity index (χ0n) is 37.7. The minimum atomic E-state index is 0. The first-order valence-corrected chi connectivity index (χ1v) is 20.9. The summed E-state index contributed by atoms with van der Waals surface area (Å²) in [4.78, 5) is 4.97. The summed E-state index contributed by atoms with van der Waals surface area (Å²) in [6, 6.07) is 40.7. The molecule has 0 bridgehead atoms. The van der Waals surface area contributed by atoms with Gasteiger partial charge in [0.2, 0.25) is 12.7 Å². The van der Waals surface area contributed by atoms with Crippen LogP contribution in [0.15, 0.2) is 109 Å². The van der Waals surface area contributed by atoms with Gasteiger partial charge in [0.25, 0.3) is 0 Å². The molecule has 6 aromatic rings. The number of anilines is 2. The maximum Gasteiger partial charge on any atom is 0.245 e. The highest BCUT2D eigenvalue weighted by Crippen LogP contribution is 2.40. The molecule has 6 heteroatoms. The summed E-state index contributed by atoms with van der Waals surface area (Å²) in [6.45, 7) is 28.4. The Bertz CT molecular complexity index is 2280. The molecule has 2 heterocycles. The van der Waals surface area contributed by atoms with Crippen LogP contribution in [0.2, 0.25) is 0 Å². The van der Waals surface area contributed by atoms with Crippen LogP contribution in [0, 0.1) is 83.1 Å². The van der Waals surface area contributed by atoms with E-state index in [0.717, 1.165) is 13.1 Å². The number of halogens is 2. The predicted octanol–water partition coefficient (Wildman–Crippen LogP) is 6.95. The second-order valence-corrected chi connectivity index (χ2v) is 17.2. The molecule has 60 heavy (non-hydrogen) atoms. The highest BCUT2D eigenvalue weighted by atomic mass is 127. The Balaban J connectivity index is 0.000000220. The van der Waals surface area contributed by atoms with Crippen LogP contribution in [-0.4, -0.2) is 34.9 Å². The molecule has 0 saturated heterocycles. The minimum absolute atomic E-state index is 0. The van der Waals surface area contributed by atoms with Crippen molar-refractivity contribution in [3.63, 3.8) is 0 Å². The molecule has 2 aliphatic heterocycles. The van der Waals surface area contributed by atoms with E-state index in [-0.39, 0.29) is 60.0 Å². The molecule has 0 saturated carbocycles. The Kier molecular flexibility index (Phi) is 15.3. The quantitative estimate of drug-likeness (QED) is 0.133. The van der Waals surface area contributed by atoms with Crippen molar-refractivity contribution in [2.24, 2.45) is 0 Å². The Hall–Kier alpha value is -4.28. The summed E-state index contributed by atoms with van der Waals surface area (Å²) in [5.74, 6) is 0. The third-order valence-electron chi connectivity index (χ3n) is 11.9. The molecule has 312 valence electrons. The molecule has 0 spiro atoms. The largest absolute Gasteiger partial charge is 1.00 e. The molecular formula is C54H62I2N4. The molecule has 8 rings (SSSR count). The van der Waals surface area contributed by atoms with Crippen molar-refractivity contribution < 1.29 is 57.1 Å². The van der Waals surface area contributed by atoms with Crippen LogP contribution in [0.5, 0.6) is 0 Å². The summed E-state index contributed by atoms with van der Waals surface area (Å²) < 4.78 is 4.89. The van der Waals surface area contributed by atoms with Crippen molar-refractivity contribution in [1.82, 2.24) is 0 Å². The van der Waals surface area contributed by atoms with Gasteiger partial charge in [0.05, 0.1) is 0 Å². The Morgan fingerprint density at radius 1 is 0.367 bits per heavy atom. The number of hydrogen-bond acceptors (Lipinski definition) is 2. The van der Waals surface area contributed by atoms with E-state index in [1.54, 1.807) is 0 Å². The fourth-order valence-corrected chi connectivity index (χ4v) is 10.1. The normalized spacial score (nSPS) is 15.7. The summed E-state index contributed by atoms with van der Waals surface area (Å²) in [5.41, 5.74) is 24.0.